The smallest absolute Gasteiger partial charge is 0.229 e. The summed E-state index contributed by atoms with van der Waals surface area (Å²) in [5.74, 6) is 0.153. The van der Waals surface area contributed by atoms with Crippen LogP contribution in [0.25, 0.3) is 0 Å². The molecule has 0 spiro atoms. The van der Waals surface area contributed by atoms with Gasteiger partial charge in [-0.3, -0.25) is 9.59 Å². The SMILES string of the molecule is COc1ccccc1N1CC(C(=O)Nc2cccc3c2CCCC3)CC1=O. The van der Waals surface area contributed by atoms with Gasteiger partial charge >= 0.3 is 0 Å². The highest BCUT2D eigenvalue weighted by molar-refractivity contribution is 6.04. The van der Waals surface area contributed by atoms with E-state index in [9.17, 15) is 9.59 Å². The molecule has 1 fully saturated rings. The Morgan fingerprint density at radius 1 is 1.11 bits per heavy atom. The van der Waals surface area contributed by atoms with E-state index in [-0.39, 0.29) is 24.2 Å². The molecular formula is C22H24N2O3. The molecular weight excluding hydrogens is 340 g/mol. The summed E-state index contributed by atoms with van der Waals surface area (Å²) in [5.41, 5.74) is 4.21. The molecule has 2 aliphatic rings. The number of hydrogen-bond donors (Lipinski definition) is 1. The van der Waals surface area contributed by atoms with Gasteiger partial charge in [-0.05, 0) is 55.0 Å². The van der Waals surface area contributed by atoms with E-state index in [1.165, 1.54) is 17.5 Å². The van der Waals surface area contributed by atoms with Crippen molar-refractivity contribution in [3.05, 3.63) is 53.6 Å². The first-order chi connectivity index (χ1) is 13.2. The highest BCUT2D eigenvalue weighted by Crippen LogP contribution is 2.34. The summed E-state index contributed by atoms with van der Waals surface area (Å²) in [5, 5.41) is 3.08. The number of nitrogens with one attached hydrogen (secondary N) is 1. The Morgan fingerprint density at radius 2 is 1.93 bits per heavy atom. The first-order valence-electron chi connectivity index (χ1n) is 9.52. The molecule has 0 aromatic heterocycles. The summed E-state index contributed by atoms with van der Waals surface area (Å²) >= 11 is 0. The van der Waals surface area contributed by atoms with Gasteiger partial charge in [-0.25, -0.2) is 0 Å². The van der Waals surface area contributed by atoms with E-state index in [1.54, 1.807) is 12.0 Å². The van der Waals surface area contributed by atoms with Crippen molar-refractivity contribution in [3.8, 4) is 5.75 Å². The predicted molar refractivity (Wildman–Crippen MR) is 105 cm³/mol. The second-order valence-corrected chi connectivity index (χ2v) is 7.22. The fourth-order valence-electron chi connectivity index (χ4n) is 4.10. The number of hydrogen-bond acceptors (Lipinski definition) is 3. The Hall–Kier alpha value is -2.82. The van der Waals surface area contributed by atoms with Crippen molar-refractivity contribution in [2.24, 2.45) is 5.92 Å². The Labute approximate surface area is 159 Å². The molecule has 2 amide bonds. The molecule has 140 valence electrons. The average Bonchev–Trinajstić information content (AvgIpc) is 3.10. The van der Waals surface area contributed by atoms with Gasteiger partial charge in [-0.2, -0.15) is 0 Å². The third-order valence-electron chi connectivity index (χ3n) is 5.53. The van der Waals surface area contributed by atoms with Crippen LogP contribution in [0.1, 0.15) is 30.4 Å². The first kappa shape index (κ1) is 17.6. The highest BCUT2D eigenvalue weighted by atomic mass is 16.5. The van der Waals surface area contributed by atoms with Crippen LogP contribution in [-0.4, -0.2) is 25.5 Å². The summed E-state index contributed by atoms with van der Waals surface area (Å²) in [6, 6.07) is 13.5. The minimum Gasteiger partial charge on any atom is -0.495 e. The van der Waals surface area contributed by atoms with Gasteiger partial charge in [0.15, 0.2) is 0 Å². The molecule has 1 heterocycles. The Balaban J connectivity index is 1.50. The van der Waals surface area contributed by atoms with Crippen LogP contribution in [-0.2, 0) is 22.4 Å². The molecule has 1 atom stereocenters. The van der Waals surface area contributed by atoms with Gasteiger partial charge in [-0.15, -0.1) is 0 Å². The number of nitrogens with zero attached hydrogens (tertiary/aromatic N) is 1. The van der Waals surface area contributed by atoms with E-state index >= 15 is 0 Å². The van der Waals surface area contributed by atoms with Crippen LogP contribution >= 0.6 is 0 Å². The third kappa shape index (κ3) is 3.42. The summed E-state index contributed by atoms with van der Waals surface area (Å²) in [6.07, 6.45) is 4.66. The summed E-state index contributed by atoms with van der Waals surface area (Å²) < 4.78 is 5.37. The predicted octanol–water partition coefficient (Wildman–Crippen LogP) is 3.57. The number of carbonyl (C=O) groups is 2. The van der Waals surface area contributed by atoms with Crippen LogP contribution in [0.2, 0.25) is 0 Å². The van der Waals surface area contributed by atoms with Crippen LogP contribution in [0.5, 0.6) is 5.75 Å². The van der Waals surface area contributed by atoms with Gasteiger partial charge in [0.1, 0.15) is 5.75 Å². The number of rotatable bonds is 4. The second-order valence-electron chi connectivity index (χ2n) is 7.22. The van der Waals surface area contributed by atoms with E-state index in [1.807, 2.05) is 36.4 Å². The second kappa shape index (κ2) is 7.43. The van der Waals surface area contributed by atoms with Crippen molar-refractivity contribution in [1.29, 1.82) is 0 Å². The number of ether oxygens (including phenoxy) is 1. The largest absolute Gasteiger partial charge is 0.495 e. The van der Waals surface area contributed by atoms with Gasteiger partial charge in [0.25, 0.3) is 0 Å². The standard InChI is InChI=1S/C22H24N2O3/c1-27-20-12-5-4-11-19(20)24-14-16(13-21(24)25)22(26)23-18-10-6-8-15-7-2-3-9-17(15)18/h4-6,8,10-12,16H,2-3,7,9,13-14H2,1H3,(H,23,26). The van der Waals surface area contributed by atoms with Gasteiger partial charge < -0.3 is 15.0 Å². The maximum absolute atomic E-state index is 12.9. The van der Waals surface area contributed by atoms with Crippen molar-refractivity contribution < 1.29 is 14.3 Å². The number of fused-ring (bicyclic) bond motifs is 1. The number of para-hydroxylation sites is 2. The van der Waals surface area contributed by atoms with Crippen molar-refractivity contribution in [2.75, 3.05) is 23.9 Å². The summed E-state index contributed by atoms with van der Waals surface area (Å²) in [6.45, 7) is 0.375. The number of methoxy groups -OCH3 is 1. The molecule has 0 radical (unpaired) electrons. The van der Waals surface area contributed by atoms with Crippen molar-refractivity contribution in [3.63, 3.8) is 0 Å². The number of anilines is 2. The first-order valence-corrected chi connectivity index (χ1v) is 9.52. The zero-order valence-corrected chi connectivity index (χ0v) is 15.5. The molecule has 1 unspecified atom stereocenters. The quantitative estimate of drug-likeness (QED) is 0.902. The van der Waals surface area contributed by atoms with Crippen LogP contribution < -0.4 is 15.0 Å². The molecule has 5 nitrogen and oxygen atoms in total. The van der Waals surface area contributed by atoms with Crippen LogP contribution in [0.3, 0.4) is 0 Å². The number of benzene rings is 2. The van der Waals surface area contributed by atoms with E-state index in [4.69, 9.17) is 4.74 Å². The molecule has 1 aliphatic heterocycles. The van der Waals surface area contributed by atoms with Crippen LogP contribution in [0.15, 0.2) is 42.5 Å². The van der Waals surface area contributed by atoms with E-state index in [0.717, 1.165) is 30.6 Å². The number of aryl methyl sites for hydroxylation is 1. The monoisotopic (exact) mass is 364 g/mol. The molecule has 2 aromatic carbocycles. The molecule has 1 aliphatic carbocycles. The van der Waals surface area contributed by atoms with Gasteiger partial charge in [-0.1, -0.05) is 24.3 Å². The third-order valence-corrected chi connectivity index (χ3v) is 5.53. The fraction of sp³-hybridized carbons (Fsp3) is 0.364. The van der Waals surface area contributed by atoms with E-state index in [2.05, 4.69) is 11.4 Å². The topological polar surface area (TPSA) is 58.6 Å². The van der Waals surface area contributed by atoms with E-state index < -0.39 is 0 Å². The molecule has 2 aromatic rings. The maximum atomic E-state index is 12.9. The van der Waals surface area contributed by atoms with Crippen molar-refractivity contribution in [2.45, 2.75) is 32.1 Å². The normalized spacial score (nSPS) is 18.9. The zero-order chi connectivity index (χ0) is 18.8. The Kier molecular flexibility index (Phi) is 4.84. The maximum Gasteiger partial charge on any atom is 0.229 e. The molecule has 0 bridgehead atoms. The lowest BCUT2D eigenvalue weighted by atomic mass is 9.90. The summed E-state index contributed by atoms with van der Waals surface area (Å²) in [4.78, 5) is 27.0. The van der Waals surface area contributed by atoms with Crippen molar-refractivity contribution >= 4 is 23.2 Å². The molecule has 1 saturated heterocycles. The summed E-state index contributed by atoms with van der Waals surface area (Å²) in [7, 11) is 1.59. The lowest BCUT2D eigenvalue weighted by Crippen LogP contribution is -2.28. The Morgan fingerprint density at radius 3 is 2.78 bits per heavy atom. The van der Waals surface area contributed by atoms with Crippen LogP contribution in [0.4, 0.5) is 11.4 Å². The minimum absolute atomic E-state index is 0.0465. The zero-order valence-electron chi connectivity index (χ0n) is 15.5. The fourth-order valence-corrected chi connectivity index (χ4v) is 4.10. The Bertz CT molecular complexity index is 878. The van der Waals surface area contributed by atoms with Crippen LogP contribution in [0, 0.1) is 5.92 Å². The molecule has 4 rings (SSSR count). The van der Waals surface area contributed by atoms with Gasteiger partial charge in [0.05, 0.1) is 18.7 Å². The minimum atomic E-state index is -0.359. The van der Waals surface area contributed by atoms with Crippen molar-refractivity contribution in [1.82, 2.24) is 0 Å². The molecule has 27 heavy (non-hydrogen) atoms. The number of amides is 2. The molecule has 5 heteroatoms. The van der Waals surface area contributed by atoms with Gasteiger partial charge in [0, 0.05) is 18.7 Å². The molecule has 0 saturated carbocycles. The highest BCUT2D eigenvalue weighted by Gasteiger charge is 2.36. The van der Waals surface area contributed by atoms with Gasteiger partial charge in [0.2, 0.25) is 11.8 Å². The average molecular weight is 364 g/mol. The van der Waals surface area contributed by atoms with E-state index in [0.29, 0.717) is 12.3 Å². The lowest BCUT2D eigenvalue weighted by Gasteiger charge is -2.21. The molecule has 1 N–H and O–H groups in total. The lowest BCUT2D eigenvalue weighted by molar-refractivity contribution is -0.122. The number of carbonyl (C=O) groups excluding carboxylic acids is 2.